The summed E-state index contributed by atoms with van der Waals surface area (Å²) in [7, 11) is 0. The molecule has 0 aromatic rings. The molecular weight excluding hydrogens is 228 g/mol. The molecule has 1 atom stereocenters. The Morgan fingerprint density at radius 3 is 1.89 bits per heavy atom. The average Bonchev–Trinajstić information content (AvgIpc) is 2.42. The molecule has 0 N–H and O–H groups in total. The molecule has 0 nitrogen and oxygen atoms in total. The van der Waals surface area contributed by atoms with Gasteiger partial charge in [-0.1, -0.05) is 90.7 Å². The van der Waals surface area contributed by atoms with Crippen molar-refractivity contribution in [2.45, 2.75) is 104 Å². The zero-order valence-corrected chi connectivity index (χ0v) is 13.9. The van der Waals surface area contributed by atoms with Crippen LogP contribution in [-0.4, -0.2) is 0 Å². The Hall–Kier alpha value is -0.260. The molecule has 0 amide bonds. The zero-order valence-electron chi connectivity index (χ0n) is 13.9. The fourth-order valence-electron chi connectivity index (χ4n) is 2.53. The molecule has 1 unspecified atom stereocenters. The topological polar surface area (TPSA) is 0 Å². The maximum Gasteiger partial charge on any atom is -0.0348 e. The lowest BCUT2D eigenvalue weighted by molar-refractivity contribution is 0.475. The van der Waals surface area contributed by atoms with Gasteiger partial charge in [-0.2, -0.15) is 0 Å². The predicted molar refractivity (Wildman–Crippen MR) is 89.7 cm³/mol. The van der Waals surface area contributed by atoms with Gasteiger partial charge in [0.1, 0.15) is 0 Å². The Balaban J connectivity index is 3.16. The second-order valence-electron chi connectivity index (χ2n) is 6.21. The van der Waals surface area contributed by atoms with Gasteiger partial charge >= 0.3 is 0 Å². The highest BCUT2D eigenvalue weighted by Gasteiger charge is 1.98. The van der Waals surface area contributed by atoms with Gasteiger partial charge in [0.25, 0.3) is 0 Å². The quantitative estimate of drug-likeness (QED) is 0.229. The van der Waals surface area contributed by atoms with Crippen molar-refractivity contribution in [2.75, 3.05) is 0 Å². The molecule has 0 aromatic carbocycles. The first-order chi connectivity index (χ1) is 9.31. The van der Waals surface area contributed by atoms with Crippen LogP contribution in [-0.2, 0) is 0 Å². The summed E-state index contributed by atoms with van der Waals surface area (Å²) in [4.78, 5) is 0. The standard InChI is InChI=1S/C19H38/c1-4-6-8-9-10-11-12-13-14-15-16-18-19(3)17-7-5-2/h14-15,19H,4-13,16-18H2,1-3H3. The molecule has 0 heteroatoms. The van der Waals surface area contributed by atoms with Crippen LogP contribution in [0.15, 0.2) is 12.2 Å². The third-order valence-electron chi connectivity index (χ3n) is 4.02. The Morgan fingerprint density at radius 1 is 0.632 bits per heavy atom. The zero-order chi connectivity index (χ0) is 14.2. The molecule has 0 rings (SSSR count). The lowest BCUT2D eigenvalue weighted by Crippen LogP contribution is -1.93. The van der Waals surface area contributed by atoms with Crippen molar-refractivity contribution in [3.05, 3.63) is 12.2 Å². The number of hydrogen-bond donors (Lipinski definition) is 0. The first kappa shape index (κ1) is 18.7. The van der Waals surface area contributed by atoms with Crippen molar-refractivity contribution in [1.29, 1.82) is 0 Å². The predicted octanol–water partition coefficient (Wildman–Crippen LogP) is 7.29. The van der Waals surface area contributed by atoms with E-state index in [-0.39, 0.29) is 0 Å². The van der Waals surface area contributed by atoms with E-state index in [0.29, 0.717) is 0 Å². The van der Waals surface area contributed by atoms with Gasteiger partial charge in [-0.3, -0.25) is 0 Å². The van der Waals surface area contributed by atoms with Crippen LogP contribution in [0.2, 0.25) is 0 Å². The second kappa shape index (κ2) is 15.8. The van der Waals surface area contributed by atoms with Crippen molar-refractivity contribution in [2.24, 2.45) is 5.92 Å². The largest absolute Gasteiger partial charge is 0.0885 e. The van der Waals surface area contributed by atoms with Gasteiger partial charge in [-0.05, 0) is 31.6 Å². The summed E-state index contributed by atoms with van der Waals surface area (Å²) < 4.78 is 0. The minimum Gasteiger partial charge on any atom is -0.0885 e. The molecule has 0 fully saturated rings. The number of allylic oxidation sites excluding steroid dienone is 2. The molecular formula is C19H38. The smallest absolute Gasteiger partial charge is 0.0348 e. The molecule has 0 saturated carbocycles. The molecule has 0 heterocycles. The first-order valence-electron chi connectivity index (χ1n) is 8.96. The summed E-state index contributed by atoms with van der Waals surface area (Å²) in [5.74, 6) is 0.920. The van der Waals surface area contributed by atoms with Gasteiger partial charge in [0, 0.05) is 0 Å². The van der Waals surface area contributed by atoms with Crippen LogP contribution >= 0.6 is 0 Å². The SMILES string of the molecule is CCCCCCCCCC=CCCC(C)CCCC. The van der Waals surface area contributed by atoms with E-state index in [1.165, 1.54) is 83.5 Å². The van der Waals surface area contributed by atoms with Crippen LogP contribution in [0.25, 0.3) is 0 Å². The minimum absolute atomic E-state index is 0.920. The number of unbranched alkanes of at least 4 members (excludes halogenated alkanes) is 8. The van der Waals surface area contributed by atoms with Crippen LogP contribution in [0, 0.1) is 5.92 Å². The van der Waals surface area contributed by atoms with E-state index >= 15 is 0 Å². The molecule has 0 aliphatic heterocycles. The Kier molecular flexibility index (Phi) is 15.6. The molecule has 0 aliphatic carbocycles. The normalized spacial score (nSPS) is 13.2. The summed E-state index contributed by atoms with van der Waals surface area (Å²) in [5, 5.41) is 0. The molecule has 0 aliphatic rings. The van der Waals surface area contributed by atoms with Crippen molar-refractivity contribution in [3.63, 3.8) is 0 Å². The van der Waals surface area contributed by atoms with E-state index in [1.54, 1.807) is 0 Å². The summed E-state index contributed by atoms with van der Waals surface area (Å²) in [5.41, 5.74) is 0. The van der Waals surface area contributed by atoms with Gasteiger partial charge in [0.15, 0.2) is 0 Å². The maximum atomic E-state index is 2.42. The fraction of sp³-hybridized carbons (Fsp3) is 0.895. The molecule has 0 spiro atoms. The summed E-state index contributed by atoms with van der Waals surface area (Å²) >= 11 is 0. The van der Waals surface area contributed by atoms with E-state index in [4.69, 9.17) is 0 Å². The highest BCUT2D eigenvalue weighted by molar-refractivity contribution is 4.81. The molecule has 0 radical (unpaired) electrons. The maximum absolute atomic E-state index is 2.42. The third kappa shape index (κ3) is 15.7. The van der Waals surface area contributed by atoms with Crippen molar-refractivity contribution in [3.8, 4) is 0 Å². The number of rotatable bonds is 14. The Morgan fingerprint density at radius 2 is 1.21 bits per heavy atom. The van der Waals surface area contributed by atoms with Crippen LogP contribution in [0.3, 0.4) is 0 Å². The average molecular weight is 267 g/mol. The van der Waals surface area contributed by atoms with Crippen LogP contribution in [0.1, 0.15) is 104 Å². The minimum atomic E-state index is 0.920. The fourth-order valence-corrected chi connectivity index (χ4v) is 2.53. The van der Waals surface area contributed by atoms with Gasteiger partial charge in [-0.15, -0.1) is 0 Å². The highest BCUT2D eigenvalue weighted by Crippen LogP contribution is 2.14. The molecule has 0 aromatic heterocycles. The first-order valence-corrected chi connectivity index (χ1v) is 8.96. The summed E-state index contributed by atoms with van der Waals surface area (Å²) in [6.07, 6.45) is 22.9. The second-order valence-corrected chi connectivity index (χ2v) is 6.21. The number of hydrogen-bond acceptors (Lipinski definition) is 0. The third-order valence-corrected chi connectivity index (χ3v) is 4.02. The van der Waals surface area contributed by atoms with E-state index in [0.717, 1.165) is 5.92 Å². The van der Waals surface area contributed by atoms with Gasteiger partial charge in [0.05, 0.1) is 0 Å². The van der Waals surface area contributed by atoms with Gasteiger partial charge in [-0.25, -0.2) is 0 Å². The van der Waals surface area contributed by atoms with Crippen molar-refractivity contribution < 1.29 is 0 Å². The summed E-state index contributed by atoms with van der Waals surface area (Å²) in [6.45, 7) is 6.97. The van der Waals surface area contributed by atoms with E-state index in [2.05, 4.69) is 32.9 Å². The molecule has 0 saturated heterocycles. The molecule has 0 bridgehead atoms. The Labute approximate surface area is 123 Å². The van der Waals surface area contributed by atoms with Crippen LogP contribution in [0.4, 0.5) is 0 Å². The lowest BCUT2D eigenvalue weighted by atomic mass is 9.99. The highest BCUT2D eigenvalue weighted by atomic mass is 14.0. The van der Waals surface area contributed by atoms with E-state index < -0.39 is 0 Å². The van der Waals surface area contributed by atoms with E-state index in [1.807, 2.05) is 0 Å². The molecule has 19 heavy (non-hydrogen) atoms. The van der Waals surface area contributed by atoms with Crippen molar-refractivity contribution >= 4 is 0 Å². The van der Waals surface area contributed by atoms with E-state index in [9.17, 15) is 0 Å². The Bertz CT molecular complexity index is 180. The molecule has 114 valence electrons. The lowest BCUT2D eigenvalue weighted by Gasteiger charge is -2.07. The summed E-state index contributed by atoms with van der Waals surface area (Å²) in [6, 6.07) is 0. The van der Waals surface area contributed by atoms with Crippen LogP contribution in [0.5, 0.6) is 0 Å². The monoisotopic (exact) mass is 266 g/mol. The van der Waals surface area contributed by atoms with Gasteiger partial charge in [0.2, 0.25) is 0 Å². The van der Waals surface area contributed by atoms with Gasteiger partial charge < -0.3 is 0 Å². The van der Waals surface area contributed by atoms with Crippen molar-refractivity contribution in [1.82, 2.24) is 0 Å². The van der Waals surface area contributed by atoms with Crippen LogP contribution < -0.4 is 0 Å².